The third-order valence-corrected chi connectivity index (χ3v) is 292. The molecule has 4 fully saturated rings. The van der Waals surface area contributed by atoms with Gasteiger partial charge < -0.3 is 0 Å². The standard InChI is InChI=1S/P4Se10/c5-1-9-2(6)12-3(7,10-1)14-4(8,11-1)13-2. The van der Waals surface area contributed by atoms with E-state index in [0.717, 1.165) is 84.4 Å². The topological polar surface area (TPSA) is 0 Å². The van der Waals surface area contributed by atoms with E-state index in [1.165, 1.54) is 0 Å². The minimum absolute atomic E-state index is 0.352. The van der Waals surface area contributed by atoms with E-state index in [9.17, 15) is 0 Å². The molecule has 80 valence electrons. The van der Waals surface area contributed by atoms with E-state index >= 15 is 0 Å². The van der Waals surface area contributed by atoms with Gasteiger partial charge in [0.05, 0.1) is 0 Å². The summed E-state index contributed by atoms with van der Waals surface area (Å²) in [5, 5.41) is 0. The van der Waals surface area contributed by atoms with Crippen molar-refractivity contribution in [3.63, 3.8) is 0 Å². The van der Waals surface area contributed by atoms with Crippen molar-refractivity contribution in [2.75, 3.05) is 0 Å². The summed E-state index contributed by atoms with van der Waals surface area (Å²) < 4.78 is -1.41. The van der Waals surface area contributed by atoms with Gasteiger partial charge in [-0.1, -0.05) is 0 Å². The zero-order chi connectivity index (χ0) is 10.2. The van der Waals surface area contributed by atoms with Crippen molar-refractivity contribution in [2.24, 2.45) is 0 Å². The van der Waals surface area contributed by atoms with Gasteiger partial charge in [0, 0.05) is 0 Å². The van der Waals surface area contributed by atoms with Crippen molar-refractivity contribution in [1.82, 2.24) is 0 Å². The van der Waals surface area contributed by atoms with Crippen molar-refractivity contribution in [2.45, 2.75) is 0 Å². The molecule has 4 aliphatic rings. The summed E-state index contributed by atoms with van der Waals surface area (Å²) in [6, 6.07) is 0. The summed E-state index contributed by atoms with van der Waals surface area (Å²) in [5.41, 5.74) is 0. The summed E-state index contributed by atoms with van der Waals surface area (Å²) in [6.07, 6.45) is 0. The first kappa shape index (κ1) is 15.8. The molecule has 4 rings (SSSR count). The monoisotopic (exact) mass is 923 g/mol. The Balaban J connectivity index is 2.27. The van der Waals surface area contributed by atoms with Crippen molar-refractivity contribution < 1.29 is 0 Å². The molecule has 0 saturated carbocycles. The molecule has 4 aliphatic heterocycles. The van der Waals surface area contributed by atoms with Crippen LogP contribution in [0.3, 0.4) is 0 Å². The van der Waals surface area contributed by atoms with Gasteiger partial charge in [-0.3, -0.25) is 0 Å². The van der Waals surface area contributed by atoms with Crippen molar-refractivity contribution >= 4 is 151 Å². The molecule has 0 unspecified atom stereocenters. The molecule has 0 aromatic heterocycles. The molecule has 0 amide bonds. The van der Waals surface area contributed by atoms with Gasteiger partial charge in [0.2, 0.25) is 0 Å². The Morgan fingerprint density at radius 3 is 0.714 bits per heavy atom. The second-order valence-electron chi connectivity index (χ2n) is 2.28. The Morgan fingerprint density at radius 2 is 0.571 bits per heavy atom. The van der Waals surface area contributed by atoms with Crippen LogP contribution in [0.2, 0.25) is 0 Å². The van der Waals surface area contributed by atoms with Crippen LogP contribution in [0.5, 0.6) is 0 Å². The van der Waals surface area contributed by atoms with Crippen LogP contribution < -0.4 is 0 Å². The van der Waals surface area contributed by atoms with Crippen LogP contribution in [0, 0.1) is 0 Å². The third-order valence-electron chi connectivity index (χ3n) is 1.20. The van der Waals surface area contributed by atoms with Crippen LogP contribution in [0.1, 0.15) is 0 Å². The summed E-state index contributed by atoms with van der Waals surface area (Å²) in [5.74, 6) is 0. The summed E-state index contributed by atoms with van der Waals surface area (Å²) in [4.78, 5) is 0. The average molecular weight is 913 g/mol. The molecule has 0 atom stereocenters. The Kier molecular flexibility index (Phi) is 5.90. The fraction of sp³-hybridized carbons (Fsp3) is 0. The van der Waals surface area contributed by atoms with Gasteiger partial charge in [0.25, 0.3) is 0 Å². The zero-order valence-corrected chi connectivity index (χ0v) is 26.6. The van der Waals surface area contributed by atoms with Gasteiger partial charge >= 0.3 is 151 Å². The molecule has 0 aromatic carbocycles. The number of rotatable bonds is 0. The summed E-state index contributed by atoms with van der Waals surface area (Å²) in [7, 11) is 0. The quantitative estimate of drug-likeness (QED) is 0.231. The molecule has 4 heterocycles. The molecule has 4 saturated heterocycles. The van der Waals surface area contributed by atoms with Crippen LogP contribution in [-0.2, 0) is 0 Å². The van der Waals surface area contributed by atoms with Crippen molar-refractivity contribution in [1.29, 1.82) is 0 Å². The predicted molar refractivity (Wildman–Crippen MR) is 85.2 cm³/mol. The average Bonchev–Trinajstić information content (AvgIpc) is 1.67. The zero-order valence-electron chi connectivity index (χ0n) is 5.87. The first-order valence-corrected chi connectivity index (χ1v) is 45.5. The minimum atomic E-state index is -0.352. The Hall–Kier alpha value is 6.91. The molecule has 0 spiro atoms. The molecule has 4 bridgehead atoms. The second kappa shape index (κ2) is 5.23. The Bertz CT molecular complexity index is 344. The van der Waals surface area contributed by atoms with E-state index in [2.05, 4.69) is 60.4 Å². The van der Waals surface area contributed by atoms with E-state index in [0.29, 0.717) is 0 Å². The molecule has 14 heteroatoms. The van der Waals surface area contributed by atoms with Gasteiger partial charge in [0.15, 0.2) is 0 Å². The van der Waals surface area contributed by atoms with Gasteiger partial charge in [0.1, 0.15) is 0 Å². The molecule has 0 N–H and O–H groups in total. The Labute approximate surface area is 147 Å². The second-order valence-corrected chi connectivity index (χ2v) is 168. The maximum absolute atomic E-state index is 3.81. The molecule has 0 nitrogen and oxygen atoms in total. The maximum atomic E-state index is 3.81. The van der Waals surface area contributed by atoms with Crippen LogP contribution >= 0.6 is 6.31 Å². The predicted octanol–water partition coefficient (Wildman–Crippen LogP) is -0.363. The third kappa shape index (κ3) is 3.30. The molecular formula is P4Se10. The fourth-order valence-electron chi connectivity index (χ4n) is 0.914. The van der Waals surface area contributed by atoms with Crippen molar-refractivity contribution in [3.05, 3.63) is 0 Å². The van der Waals surface area contributed by atoms with E-state index in [1.807, 2.05) is 0 Å². The summed E-state index contributed by atoms with van der Waals surface area (Å²) >= 11 is 22.1. The molecular weight excluding hydrogens is 913 g/mol. The summed E-state index contributed by atoms with van der Waals surface area (Å²) in [6.45, 7) is 0. The SMILES string of the molecule is [Se]=P12[Se]P3(=[Se])[Se]P(=[Se])([Se]1)[Se]P(=[Se])([Se]2)[Se]3. The number of hydrogen-bond donors (Lipinski definition) is 0. The van der Waals surface area contributed by atoms with Gasteiger partial charge in [-0.05, 0) is 0 Å². The van der Waals surface area contributed by atoms with Crippen LogP contribution in [0.4, 0.5) is 0 Å². The van der Waals surface area contributed by atoms with Crippen LogP contribution in [0.15, 0.2) is 0 Å². The van der Waals surface area contributed by atoms with Crippen LogP contribution in [0.25, 0.3) is 0 Å². The number of hydrogen-bond acceptors (Lipinski definition) is 0. The van der Waals surface area contributed by atoms with E-state index in [1.54, 1.807) is 0 Å². The Morgan fingerprint density at radius 1 is 0.429 bits per heavy atom. The van der Waals surface area contributed by atoms with Gasteiger partial charge in [-0.25, -0.2) is 0 Å². The normalized spacial score (nSPS) is 65.7. The van der Waals surface area contributed by atoms with Gasteiger partial charge in [-0.2, -0.15) is 0 Å². The first-order valence-electron chi connectivity index (χ1n) is 2.92. The molecule has 0 aromatic rings. The fourth-order valence-corrected chi connectivity index (χ4v) is 1060. The van der Waals surface area contributed by atoms with Crippen molar-refractivity contribution in [3.8, 4) is 0 Å². The molecule has 14 heavy (non-hydrogen) atoms. The first-order chi connectivity index (χ1) is 6.24. The molecule has 0 radical (unpaired) electrons. The van der Waals surface area contributed by atoms with E-state index in [4.69, 9.17) is 0 Å². The van der Waals surface area contributed by atoms with Gasteiger partial charge in [-0.15, -0.1) is 0 Å². The van der Waals surface area contributed by atoms with E-state index in [-0.39, 0.29) is 6.31 Å². The van der Waals surface area contributed by atoms with Crippen LogP contribution in [-0.4, -0.2) is 145 Å². The molecule has 0 aliphatic carbocycles. The van der Waals surface area contributed by atoms with E-state index < -0.39 is 0 Å².